The number of nitrogens with two attached hydrogens (primary N) is 1. The fraction of sp³-hybridized carbons (Fsp3) is 0.125. The van der Waals surface area contributed by atoms with Crippen molar-refractivity contribution in [3.05, 3.63) is 63.7 Å². The summed E-state index contributed by atoms with van der Waals surface area (Å²) in [5, 5.41) is 3.37. The van der Waals surface area contributed by atoms with Crippen molar-refractivity contribution >= 4 is 29.1 Å². The summed E-state index contributed by atoms with van der Waals surface area (Å²) in [6.45, 7) is 3.66. The minimum Gasteiger partial charge on any atom is -0.366 e. The van der Waals surface area contributed by atoms with Gasteiger partial charge >= 0.3 is 0 Å². The van der Waals surface area contributed by atoms with Crippen molar-refractivity contribution in [3.8, 4) is 0 Å². The number of aryl methyl sites for hydroxylation is 2. The van der Waals surface area contributed by atoms with Gasteiger partial charge in [0.2, 0.25) is 5.91 Å². The predicted octanol–water partition coefficient (Wildman–Crippen LogP) is 3.31. The first kappa shape index (κ1) is 15.1. The van der Waals surface area contributed by atoms with Crippen LogP contribution in [0.1, 0.15) is 31.8 Å². The molecule has 108 valence electrons. The first-order chi connectivity index (χ1) is 9.88. The predicted molar refractivity (Wildman–Crippen MR) is 83.8 cm³/mol. The Bertz CT molecular complexity index is 726. The molecule has 2 rings (SSSR count). The molecule has 0 atom stereocenters. The van der Waals surface area contributed by atoms with E-state index in [1.807, 2.05) is 13.8 Å². The number of nitrogens with one attached hydrogen (secondary N) is 1. The van der Waals surface area contributed by atoms with Crippen molar-refractivity contribution in [1.29, 1.82) is 0 Å². The number of rotatable bonds is 3. The van der Waals surface area contributed by atoms with Crippen LogP contribution in [0.2, 0.25) is 5.02 Å². The number of carbonyl (C=O) groups is 2. The highest BCUT2D eigenvalue weighted by Gasteiger charge is 2.12. The highest BCUT2D eigenvalue weighted by molar-refractivity contribution is 6.30. The van der Waals surface area contributed by atoms with E-state index in [-0.39, 0.29) is 5.91 Å². The molecule has 0 heterocycles. The minimum atomic E-state index is -0.534. The molecule has 0 fully saturated rings. The zero-order chi connectivity index (χ0) is 15.6. The van der Waals surface area contributed by atoms with Gasteiger partial charge < -0.3 is 11.1 Å². The van der Waals surface area contributed by atoms with E-state index in [1.54, 1.807) is 36.4 Å². The lowest BCUT2D eigenvalue weighted by Crippen LogP contribution is -2.16. The molecule has 0 aliphatic rings. The molecular weight excluding hydrogens is 288 g/mol. The molecule has 0 aromatic heterocycles. The van der Waals surface area contributed by atoms with Crippen LogP contribution in [0, 0.1) is 13.8 Å². The third-order valence-electron chi connectivity index (χ3n) is 3.20. The second-order valence-electron chi connectivity index (χ2n) is 4.81. The van der Waals surface area contributed by atoms with E-state index in [2.05, 4.69) is 5.32 Å². The number of amides is 2. The fourth-order valence-electron chi connectivity index (χ4n) is 1.98. The monoisotopic (exact) mass is 302 g/mol. The molecule has 0 spiro atoms. The molecule has 0 saturated heterocycles. The lowest BCUT2D eigenvalue weighted by Gasteiger charge is -2.11. The van der Waals surface area contributed by atoms with Crippen LogP contribution in [0.5, 0.6) is 0 Å². The highest BCUT2D eigenvalue weighted by atomic mass is 35.5. The molecule has 4 nitrogen and oxygen atoms in total. The van der Waals surface area contributed by atoms with Gasteiger partial charge in [0.25, 0.3) is 5.91 Å². The van der Waals surface area contributed by atoms with Gasteiger partial charge in [-0.25, -0.2) is 0 Å². The van der Waals surface area contributed by atoms with Crippen molar-refractivity contribution in [2.75, 3.05) is 5.32 Å². The summed E-state index contributed by atoms with van der Waals surface area (Å²) >= 11 is 5.88. The van der Waals surface area contributed by atoms with Crippen LogP contribution in [0.3, 0.4) is 0 Å². The molecule has 0 unspecified atom stereocenters. The molecule has 0 bridgehead atoms. The molecule has 21 heavy (non-hydrogen) atoms. The zero-order valence-electron chi connectivity index (χ0n) is 11.7. The molecule has 0 aliphatic heterocycles. The SMILES string of the molecule is Cc1ccc(C(N)=O)cc1NC(=O)c1ccc(Cl)cc1C. The second-order valence-corrected chi connectivity index (χ2v) is 5.24. The van der Waals surface area contributed by atoms with Crippen LogP contribution in [0.4, 0.5) is 5.69 Å². The Balaban J connectivity index is 2.31. The minimum absolute atomic E-state index is 0.256. The van der Waals surface area contributed by atoms with Crippen molar-refractivity contribution in [3.63, 3.8) is 0 Å². The van der Waals surface area contributed by atoms with E-state index in [9.17, 15) is 9.59 Å². The first-order valence-electron chi connectivity index (χ1n) is 6.36. The molecule has 5 heteroatoms. The molecule has 0 aliphatic carbocycles. The molecule has 0 saturated carbocycles. The summed E-state index contributed by atoms with van der Waals surface area (Å²) in [5.74, 6) is -0.790. The molecule has 2 amide bonds. The first-order valence-corrected chi connectivity index (χ1v) is 6.74. The van der Waals surface area contributed by atoms with E-state index in [0.29, 0.717) is 21.8 Å². The summed E-state index contributed by atoms with van der Waals surface area (Å²) in [4.78, 5) is 23.5. The van der Waals surface area contributed by atoms with Crippen molar-refractivity contribution < 1.29 is 9.59 Å². The Morgan fingerprint density at radius 1 is 1.05 bits per heavy atom. The van der Waals surface area contributed by atoms with E-state index < -0.39 is 5.91 Å². The van der Waals surface area contributed by atoms with E-state index in [4.69, 9.17) is 17.3 Å². The third-order valence-corrected chi connectivity index (χ3v) is 3.44. The zero-order valence-corrected chi connectivity index (χ0v) is 12.5. The maximum absolute atomic E-state index is 12.3. The van der Waals surface area contributed by atoms with Crippen LogP contribution in [0.15, 0.2) is 36.4 Å². The standard InChI is InChI=1S/C16H15ClN2O2/c1-9-3-4-11(15(18)20)8-14(9)19-16(21)13-6-5-12(17)7-10(13)2/h3-8H,1-2H3,(H2,18,20)(H,19,21). The Labute approximate surface area is 127 Å². The molecular formula is C16H15ClN2O2. The quantitative estimate of drug-likeness (QED) is 0.913. The van der Waals surface area contributed by atoms with E-state index in [1.165, 1.54) is 0 Å². The number of carbonyl (C=O) groups excluding carboxylic acids is 2. The molecule has 2 aromatic carbocycles. The molecule has 3 N–H and O–H groups in total. The number of anilines is 1. The number of hydrogen-bond donors (Lipinski definition) is 2. The average molecular weight is 303 g/mol. The van der Waals surface area contributed by atoms with Gasteiger partial charge in [-0.05, 0) is 55.3 Å². The van der Waals surface area contributed by atoms with Crippen molar-refractivity contribution in [1.82, 2.24) is 0 Å². The van der Waals surface area contributed by atoms with Gasteiger partial charge in [0, 0.05) is 21.8 Å². The summed E-state index contributed by atoms with van der Waals surface area (Å²) in [6, 6.07) is 9.99. The lowest BCUT2D eigenvalue weighted by atomic mass is 10.1. The van der Waals surface area contributed by atoms with Crippen LogP contribution < -0.4 is 11.1 Å². The smallest absolute Gasteiger partial charge is 0.255 e. The summed E-state index contributed by atoms with van der Waals surface area (Å²) in [5.41, 5.74) is 8.32. The van der Waals surface area contributed by atoms with Crippen LogP contribution >= 0.6 is 11.6 Å². The Morgan fingerprint density at radius 2 is 1.76 bits per heavy atom. The normalized spacial score (nSPS) is 10.2. The summed E-state index contributed by atoms with van der Waals surface area (Å²) in [7, 11) is 0. The topological polar surface area (TPSA) is 72.2 Å². The maximum atomic E-state index is 12.3. The Morgan fingerprint density at radius 3 is 2.38 bits per heavy atom. The number of hydrogen-bond acceptors (Lipinski definition) is 2. The third kappa shape index (κ3) is 3.41. The van der Waals surface area contributed by atoms with Crippen LogP contribution in [-0.4, -0.2) is 11.8 Å². The highest BCUT2D eigenvalue weighted by Crippen LogP contribution is 2.20. The van der Waals surface area contributed by atoms with Gasteiger partial charge in [-0.1, -0.05) is 17.7 Å². The Kier molecular flexibility index (Phi) is 4.29. The number of halogens is 1. The van der Waals surface area contributed by atoms with Gasteiger partial charge in [0.05, 0.1) is 0 Å². The van der Waals surface area contributed by atoms with Gasteiger partial charge in [-0.15, -0.1) is 0 Å². The number of benzene rings is 2. The summed E-state index contributed by atoms with van der Waals surface area (Å²) in [6.07, 6.45) is 0. The molecule has 0 radical (unpaired) electrons. The second kappa shape index (κ2) is 5.97. The fourth-order valence-corrected chi connectivity index (χ4v) is 2.21. The Hall–Kier alpha value is -2.33. The number of primary amides is 1. The van der Waals surface area contributed by atoms with Crippen LogP contribution in [0.25, 0.3) is 0 Å². The van der Waals surface area contributed by atoms with E-state index >= 15 is 0 Å². The average Bonchev–Trinajstić information content (AvgIpc) is 2.40. The van der Waals surface area contributed by atoms with Gasteiger partial charge in [-0.3, -0.25) is 9.59 Å². The lowest BCUT2D eigenvalue weighted by molar-refractivity contribution is 0.0996. The van der Waals surface area contributed by atoms with E-state index in [0.717, 1.165) is 11.1 Å². The van der Waals surface area contributed by atoms with Gasteiger partial charge in [0.15, 0.2) is 0 Å². The van der Waals surface area contributed by atoms with Gasteiger partial charge in [-0.2, -0.15) is 0 Å². The molecule has 2 aromatic rings. The van der Waals surface area contributed by atoms with Crippen LogP contribution in [-0.2, 0) is 0 Å². The van der Waals surface area contributed by atoms with Crippen molar-refractivity contribution in [2.24, 2.45) is 5.73 Å². The van der Waals surface area contributed by atoms with Gasteiger partial charge in [0.1, 0.15) is 0 Å². The summed E-state index contributed by atoms with van der Waals surface area (Å²) < 4.78 is 0. The maximum Gasteiger partial charge on any atom is 0.255 e. The largest absolute Gasteiger partial charge is 0.366 e. The van der Waals surface area contributed by atoms with Crippen molar-refractivity contribution in [2.45, 2.75) is 13.8 Å².